The van der Waals surface area contributed by atoms with Crippen molar-refractivity contribution >= 4 is 11.7 Å². The van der Waals surface area contributed by atoms with Crippen molar-refractivity contribution in [3.63, 3.8) is 0 Å². The zero-order chi connectivity index (χ0) is 17.9. The van der Waals surface area contributed by atoms with Crippen molar-refractivity contribution in [1.29, 1.82) is 0 Å². The molecule has 0 saturated heterocycles. The van der Waals surface area contributed by atoms with E-state index in [2.05, 4.69) is 34.1 Å². The van der Waals surface area contributed by atoms with Crippen molar-refractivity contribution in [2.45, 2.75) is 32.2 Å². The first-order valence-corrected chi connectivity index (χ1v) is 8.99. The van der Waals surface area contributed by atoms with Crippen molar-refractivity contribution in [1.82, 2.24) is 24.5 Å². The number of unbranched alkanes of at least 4 members (excludes halogenated alkanes) is 1. The Morgan fingerprint density at radius 3 is 3.08 bits per heavy atom. The average Bonchev–Trinajstić information content (AvgIpc) is 3.34. The molecule has 132 valence electrons. The molecule has 0 saturated carbocycles. The Kier molecular flexibility index (Phi) is 4.48. The van der Waals surface area contributed by atoms with E-state index >= 15 is 0 Å². The van der Waals surface area contributed by atoms with Gasteiger partial charge < -0.3 is 4.90 Å². The Hall–Kier alpha value is -3.02. The lowest BCUT2D eigenvalue weighted by Gasteiger charge is -2.25. The van der Waals surface area contributed by atoms with E-state index in [1.54, 1.807) is 10.7 Å². The zero-order valence-corrected chi connectivity index (χ0v) is 14.7. The smallest absolute Gasteiger partial charge is 0.254 e. The summed E-state index contributed by atoms with van der Waals surface area (Å²) in [6, 6.07) is 7.91. The molecule has 1 atom stereocenters. The lowest BCUT2D eigenvalue weighted by molar-refractivity contribution is 0.0743. The number of benzene rings is 1. The molecule has 0 bridgehead atoms. The predicted molar refractivity (Wildman–Crippen MR) is 99.7 cm³/mol. The fourth-order valence-electron chi connectivity index (χ4n) is 3.34. The minimum Gasteiger partial charge on any atom is -0.328 e. The fraction of sp³-hybridized carbons (Fsp3) is 0.300. The van der Waals surface area contributed by atoms with Crippen LogP contribution in [0.1, 0.15) is 36.5 Å². The van der Waals surface area contributed by atoms with E-state index in [1.807, 2.05) is 35.4 Å². The second-order valence-electron chi connectivity index (χ2n) is 6.52. The number of nitrogens with zero attached hydrogens (tertiary/aromatic N) is 5. The monoisotopic (exact) mass is 347 g/mol. The van der Waals surface area contributed by atoms with Gasteiger partial charge in [-0.05, 0) is 24.1 Å². The van der Waals surface area contributed by atoms with Crippen LogP contribution >= 0.6 is 0 Å². The molecule has 0 unspecified atom stereocenters. The summed E-state index contributed by atoms with van der Waals surface area (Å²) in [5.74, 6) is 0.635. The maximum atomic E-state index is 13.0. The highest BCUT2D eigenvalue weighted by molar-refractivity contribution is 5.96. The maximum absolute atomic E-state index is 13.0. The molecule has 1 amide bonds. The van der Waals surface area contributed by atoms with Crippen molar-refractivity contribution < 1.29 is 4.79 Å². The molecule has 2 aromatic heterocycles. The fourth-order valence-corrected chi connectivity index (χ4v) is 3.34. The number of hydrogen-bond acceptors (Lipinski definition) is 4. The molecule has 4 rings (SSSR count). The molecule has 6 nitrogen and oxygen atoms in total. The molecular weight excluding hydrogens is 326 g/mol. The Bertz CT molecular complexity index is 961. The molecule has 26 heavy (non-hydrogen) atoms. The molecule has 0 fully saturated rings. The molecule has 6 heteroatoms. The molecular formula is C20H21N5O. The quantitative estimate of drug-likeness (QED) is 0.664. The first kappa shape index (κ1) is 16.4. The summed E-state index contributed by atoms with van der Waals surface area (Å²) in [6.07, 6.45) is 12.6. The van der Waals surface area contributed by atoms with Crippen molar-refractivity contribution in [3.05, 3.63) is 60.7 Å². The second kappa shape index (κ2) is 7.07. The third-order valence-electron chi connectivity index (χ3n) is 4.75. The highest BCUT2D eigenvalue weighted by atomic mass is 16.2. The second-order valence-corrected chi connectivity index (χ2v) is 6.52. The van der Waals surface area contributed by atoms with E-state index in [1.165, 1.54) is 6.33 Å². The van der Waals surface area contributed by atoms with Gasteiger partial charge in [-0.2, -0.15) is 10.1 Å². The normalized spacial score (nSPS) is 16.5. The van der Waals surface area contributed by atoms with Crippen LogP contribution < -0.4 is 0 Å². The van der Waals surface area contributed by atoms with Gasteiger partial charge in [-0.25, -0.2) is 9.50 Å². The summed E-state index contributed by atoms with van der Waals surface area (Å²) in [5.41, 5.74) is 2.55. The van der Waals surface area contributed by atoms with Crippen LogP contribution in [-0.4, -0.2) is 43.0 Å². The molecule has 0 N–H and O–H groups in total. The van der Waals surface area contributed by atoms with Gasteiger partial charge in [0.05, 0.1) is 6.04 Å². The van der Waals surface area contributed by atoms with Gasteiger partial charge in [0.25, 0.3) is 11.7 Å². The van der Waals surface area contributed by atoms with Gasteiger partial charge in [-0.1, -0.05) is 44.1 Å². The van der Waals surface area contributed by atoms with Crippen LogP contribution in [0, 0.1) is 0 Å². The molecule has 1 aliphatic rings. The average molecular weight is 347 g/mol. The van der Waals surface area contributed by atoms with Gasteiger partial charge in [-0.3, -0.25) is 4.79 Å². The molecule has 3 aromatic rings. The van der Waals surface area contributed by atoms with E-state index < -0.39 is 0 Å². The summed E-state index contributed by atoms with van der Waals surface area (Å²) in [5, 5.41) is 4.12. The molecule has 0 spiro atoms. The van der Waals surface area contributed by atoms with Gasteiger partial charge in [0.15, 0.2) is 0 Å². The standard InChI is InChI=1S/C20H21N5O/c1-2-3-8-18-9-5-10-24(18)19(26)16-7-4-6-15(11-16)17-12-21-20-22-14-23-25(20)13-17/h4-7,9,11-14,18H,2-3,8,10H2,1H3/t18-/m0/s1. The summed E-state index contributed by atoms with van der Waals surface area (Å²) in [4.78, 5) is 23.3. The Labute approximate surface area is 152 Å². The maximum Gasteiger partial charge on any atom is 0.254 e. The topological polar surface area (TPSA) is 63.4 Å². The lowest BCUT2D eigenvalue weighted by Crippen LogP contribution is -2.36. The summed E-state index contributed by atoms with van der Waals surface area (Å²) < 4.78 is 1.63. The third kappa shape index (κ3) is 3.10. The van der Waals surface area contributed by atoms with Gasteiger partial charge in [-0.15, -0.1) is 0 Å². The number of fused-ring (bicyclic) bond motifs is 1. The van der Waals surface area contributed by atoms with Gasteiger partial charge in [0, 0.05) is 30.1 Å². The molecule has 0 aliphatic carbocycles. The number of hydrogen-bond donors (Lipinski definition) is 0. The van der Waals surface area contributed by atoms with E-state index in [0.717, 1.165) is 30.4 Å². The number of carbonyl (C=O) groups is 1. The van der Waals surface area contributed by atoms with Crippen LogP contribution in [-0.2, 0) is 0 Å². The zero-order valence-electron chi connectivity index (χ0n) is 14.7. The first-order valence-electron chi connectivity index (χ1n) is 8.99. The Balaban J connectivity index is 1.59. The van der Waals surface area contributed by atoms with Crippen molar-refractivity contribution in [2.24, 2.45) is 0 Å². The van der Waals surface area contributed by atoms with Crippen LogP contribution in [0.2, 0.25) is 0 Å². The van der Waals surface area contributed by atoms with E-state index in [-0.39, 0.29) is 11.9 Å². The van der Waals surface area contributed by atoms with Crippen LogP contribution in [0.4, 0.5) is 0 Å². The number of rotatable bonds is 5. The Morgan fingerprint density at radius 1 is 1.27 bits per heavy atom. The van der Waals surface area contributed by atoms with Crippen molar-refractivity contribution in [2.75, 3.05) is 6.54 Å². The largest absolute Gasteiger partial charge is 0.328 e. The number of aromatic nitrogens is 4. The van der Waals surface area contributed by atoms with Gasteiger partial charge in [0.2, 0.25) is 0 Å². The summed E-state index contributed by atoms with van der Waals surface area (Å²) in [6.45, 7) is 2.86. The minimum absolute atomic E-state index is 0.0766. The first-order chi connectivity index (χ1) is 12.8. The summed E-state index contributed by atoms with van der Waals surface area (Å²) in [7, 11) is 0. The predicted octanol–water partition coefficient (Wildman–Crippen LogP) is 3.36. The third-order valence-corrected chi connectivity index (χ3v) is 4.75. The van der Waals surface area contributed by atoms with E-state index in [9.17, 15) is 4.79 Å². The van der Waals surface area contributed by atoms with Gasteiger partial charge in [0.1, 0.15) is 6.33 Å². The van der Waals surface area contributed by atoms with Gasteiger partial charge >= 0.3 is 0 Å². The van der Waals surface area contributed by atoms with Crippen LogP contribution in [0.15, 0.2) is 55.1 Å². The van der Waals surface area contributed by atoms with Crippen LogP contribution in [0.25, 0.3) is 16.9 Å². The van der Waals surface area contributed by atoms with Crippen LogP contribution in [0.5, 0.6) is 0 Å². The SMILES string of the molecule is CCCC[C@H]1C=CCN1C(=O)c1cccc(-c2cnc3ncnn3c2)c1. The number of amides is 1. The minimum atomic E-state index is 0.0766. The molecule has 3 heterocycles. The van der Waals surface area contributed by atoms with E-state index in [0.29, 0.717) is 17.9 Å². The molecule has 1 aromatic carbocycles. The van der Waals surface area contributed by atoms with Crippen molar-refractivity contribution in [3.8, 4) is 11.1 Å². The molecule has 1 aliphatic heterocycles. The number of carbonyl (C=O) groups excluding carboxylic acids is 1. The summed E-state index contributed by atoms with van der Waals surface area (Å²) >= 11 is 0. The Morgan fingerprint density at radius 2 is 2.19 bits per heavy atom. The highest BCUT2D eigenvalue weighted by Crippen LogP contribution is 2.23. The molecule has 0 radical (unpaired) electrons. The van der Waals surface area contributed by atoms with Crippen LogP contribution in [0.3, 0.4) is 0 Å². The highest BCUT2D eigenvalue weighted by Gasteiger charge is 2.25. The lowest BCUT2D eigenvalue weighted by atomic mass is 10.0. The van der Waals surface area contributed by atoms with E-state index in [4.69, 9.17) is 0 Å².